The standard InChI is InChI=1S/C10H14BrN3O/c1-12-6-2-3-10(15)14-8-4-5-9(11)13-7-8/h4-5,7,12H,2-3,6H2,1H3,(H,14,15). The average Bonchev–Trinajstić information content (AvgIpc) is 2.22. The molecule has 82 valence electrons. The molecule has 2 N–H and O–H groups in total. The number of amides is 1. The largest absolute Gasteiger partial charge is 0.325 e. The van der Waals surface area contributed by atoms with E-state index < -0.39 is 0 Å². The van der Waals surface area contributed by atoms with Gasteiger partial charge < -0.3 is 10.6 Å². The van der Waals surface area contributed by atoms with E-state index in [1.165, 1.54) is 0 Å². The van der Waals surface area contributed by atoms with Crippen molar-refractivity contribution in [1.29, 1.82) is 0 Å². The van der Waals surface area contributed by atoms with Crippen LogP contribution in [0.4, 0.5) is 5.69 Å². The lowest BCUT2D eigenvalue weighted by atomic mass is 10.3. The summed E-state index contributed by atoms with van der Waals surface area (Å²) in [5.74, 6) is 0.0226. The van der Waals surface area contributed by atoms with Gasteiger partial charge in [-0.15, -0.1) is 0 Å². The van der Waals surface area contributed by atoms with E-state index in [-0.39, 0.29) is 5.91 Å². The Morgan fingerprint density at radius 3 is 2.93 bits per heavy atom. The lowest BCUT2D eigenvalue weighted by molar-refractivity contribution is -0.116. The maximum atomic E-state index is 11.4. The van der Waals surface area contributed by atoms with Gasteiger partial charge in [-0.3, -0.25) is 4.79 Å². The van der Waals surface area contributed by atoms with Crippen molar-refractivity contribution in [2.45, 2.75) is 12.8 Å². The lowest BCUT2D eigenvalue weighted by Crippen LogP contribution is -2.15. The average molecular weight is 272 g/mol. The maximum absolute atomic E-state index is 11.4. The fourth-order valence-electron chi connectivity index (χ4n) is 1.10. The number of carbonyl (C=O) groups excluding carboxylic acids is 1. The molecule has 0 radical (unpaired) electrons. The van der Waals surface area contributed by atoms with Crippen molar-refractivity contribution in [1.82, 2.24) is 10.3 Å². The molecule has 0 aromatic carbocycles. The second-order valence-corrected chi connectivity index (χ2v) is 3.94. The summed E-state index contributed by atoms with van der Waals surface area (Å²) in [5, 5.41) is 5.77. The van der Waals surface area contributed by atoms with Crippen molar-refractivity contribution >= 4 is 27.5 Å². The van der Waals surface area contributed by atoms with Crippen molar-refractivity contribution in [3.05, 3.63) is 22.9 Å². The number of carbonyl (C=O) groups is 1. The zero-order valence-electron chi connectivity index (χ0n) is 8.59. The Kier molecular flexibility index (Phi) is 5.28. The van der Waals surface area contributed by atoms with Crippen molar-refractivity contribution in [3.8, 4) is 0 Å². The van der Waals surface area contributed by atoms with Gasteiger partial charge >= 0.3 is 0 Å². The highest BCUT2D eigenvalue weighted by Crippen LogP contribution is 2.10. The van der Waals surface area contributed by atoms with Gasteiger partial charge in [0.2, 0.25) is 5.91 Å². The third-order valence-electron chi connectivity index (χ3n) is 1.84. The number of nitrogens with zero attached hydrogens (tertiary/aromatic N) is 1. The van der Waals surface area contributed by atoms with Gasteiger partial charge in [0.05, 0.1) is 11.9 Å². The van der Waals surface area contributed by atoms with Gasteiger partial charge in [0.25, 0.3) is 0 Å². The number of hydrogen-bond acceptors (Lipinski definition) is 3. The molecule has 1 aromatic heterocycles. The minimum Gasteiger partial charge on any atom is -0.325 e. The van der Waals surface area contributed by atoms with E-state index in [4.69, 9.17) is 0 Å². The van der Waals surface area contributed by atoms with E-state index in [2.05, 4.69) is 31.5 Å². The summed E-state index contributed by atoms with van der Waals surface area (Å²) in [7, 11) is 1.87. The molecule has 5 heteroatoms. The number of nitrogens with one attached hydrogen (secondary N) is 2. The first-order chi connectivity index (χ1) is 7.22. The van der Waals surface area contributed by atoms with Crippen LogP contribution in [0.5, 0.6) is 0 Å². The van der Waals surface area contributed by atoms with Crippen molar-refractivity contribution in [3.63, 3.8) is 0 Å². The first-order valence-electron chi connectivity index (χ1n) is 4.78. The number of rotatable bonds is 5. The highest BCUT2D eigenvalue weighted by molar-refractivity contribution is 9.10. The number of pyridine rings is 1. The van der Waals surface area contributed by atoms with Crippen molar-refractivity contribution < 1.29 is 4.79 Å². The normalized spacial score (nSPS) is 10.0. The highest BCUT2D eigenvalue weighted by atomic mass is 79.9. The minimum absolute atomic E-state index is 0.0226. The second-order valence-electron chi connectivity index (χ2n) is 3.12. The van der Waals surface area contributed by atoms with Crippen LogP contribution in [-0.4, -0.2) is 24.5 Å². The van der Waals surface area contributed by atoms with Gasteiger partial charge in [0, 0.05) is 6.42 Å². The second kappa shape index (κ2) is 6.53. The molecule has 1 rings (SSSR count). The first kappa shape index (κ1) is 12.1. The molecule has 1 aromatic rings. The molecule has 0 atom stereocenters. The number of halogens is 1. The van der Waals surface area contributed by atoms with Crippen LogP contribution in [0.3, 0.4) is 0 Å². The third-order valence-corrected chi connectivity index (χ3v) is 2.31. The molecule has 0 unspecified atom stereocenters. The predicted octanol–water partition coefficient (Wildman–Crippen LogP) is 1.78. The SMILES string of the molecule is CNCCCC(=O)Nc1ccc(Br)nc1. The zero-order valence-corrected chi connectivity index (χ0v) is 10.2. The number of anilines is 1. The van der Waals surface area contributed by atoms with E-state index in [0.29, 0.717) is 6.42 Å². The molecule has 0 aliphatic rings. The molecule has 0 bridgehead atoms. The summed E-state index contributed by atoms with van der Waals surface area (Å²) in [6.07, 6.45) is 2.99. The molecule has 4 nitrogen and oxygen atoms in total. The van der Waals surface area contributed by atoms with Crippen molar-refractivity contribution in [2.75, 3.05) is 18.9 Å². The Morgan fingerprint density at radius 1 is 1.53 bits per heavy atom. The molecule has 15 heavy (non-hydrogen) atoms. The quantitative estimate of drug-likeness (QED) is 0.634. The lowest BCUT2D eigenvalue weighted by Gasteiger charge is -2.04. The summed E-state index contributed by atoms with van der Waals surface area (Å²) >= 11 is 3.23. The van der Waals surface area contributed by atoms with Crippen molar-refractivity contribution in [2.24, 2.45) is 0 Å². The van der Waals surface area contributed by atoms with Crippen LogP contribution in [0.1, 0.15) is 12.8 Å². The van der Waals surface area contributed by atoms with Gasteiger partial charge in [-0.1, -0.05) is 0 Å². The molecule has 0 spiro atoms. The Hall–Kier alpha value is -0.940. The summed E-state index contributed by atoms with van der Waals surface area (Å²) in [5.41, 5.74) is 0.729. The number of hydrogen-bond donors (Lipinski definition) is 2. The topological polar surface area (TPSA) is 54.0 Å². The molecular weight excluding hydrogens is 258 g/mol. The van der Waals surface area contributed by atoms with Crippen LogP contribution in [0.15, 0.2) is 22.9 Å². The van der Waals surface area contributed by atoms with Crippen LogP contribution in [-0.2, 0) is 4.79 Å². The van der Waals surface area contributed by atoms with Crippen LogP contribution < -0.4 is 10.6 Å². The van der Waals surface area contributed by atoms with Crippen LogP contribution in [0.2, 0.25) is 0 Å². The highest BCUT2D eigenvalue weighted by Gasteiger charge is 2.01. The Labute approximate surface area is 97.6 Å². The van der Waals surface area contributed by atoms with Gasteiger partial charge in [0.1, 0.15) is 4.60 Å². The summed E-state index contributed by atoms with van der Waals surface area (Å²) in [6, 6.07) is 3.61. The Bertz CT molecular complexity index is 313. The molecule has 0 fully saturated rings. The molecule has 0 saturated carbocycles. The van der Waals surface area contributed by atoms with Gasteiger partial charge in [0.15, 0.2) is 0 Å². The first-order valence-corrected chi connectivity index (χ1v) is 5.57. The van der Waals surface area contributed by atoms with Gasteiger partial charge in [-0.2, -0.15) is 0 Å². The number of aromatic nitrogens is 1. The fraction of sp³-hybridized carbons (Fsp3) is 0.400. The Balaban J connectivity index is 2.34. The van der Waals surface area contributed by atoms with Gasteiger partial charge in [-0.05, 0) is 48.1 Å². The van der Waals surface area contributed by atoms with Crippen LogP contribution in [0.25, 0.3) is 0 Å². The van der Waals surface area contributed by atoms with Crippen LogP contribution >= 0.6 is 15.9 Å². The van der Waals surface area contributed by atoms with E-state index >= 15 is 0 Å². The summed E-state index contributed by atoms with van der Waals surface area (Å²) in [6.45, 7) is 0.853. The fourth-order valence-corrected chi connectivity index (χ4v) is 1.33. The Morgan fingerprint density at radius 2 is 2.33 bits per heavy atom. The van der Waals surface area contributed by atoms with E-state index in [9.17, 15) is 4.79 Å². The predicted molar refractivity (Wildman–Crippen MR) is 63.7 cm³/mol. The smallest absolute Gasteiger partial charge is 0.224 e. The third kappa shape index (κ3) is 4.90. The summed E-state index contributed by atoms with van der Waals surface area (Å²) in [4.78, 5) is 15.4. The zero-order chi connectivity index (χ0) is 11.1. The van der Waals surface area contributed by atoms with Gasteiger partial charge in [-0.25, -0.2) is 4.98 Å². The summed E-state index contributed by atoms with van der Waals surface area (Å²) < 4.78 is 0.760. The molecule has 1 heterocycles. The molecule has 0 aliphatic heterocycles. The molecule has 0 aliphatic carbocycles. The molecular formula is C10H14BrN3O. The molecule has 0 saturated heterocycles. The van der Waals surface area contributed by atoms with E-state index in [1.54, 1.807) is 12.3 Å². The minimum atomic E-state index is 0.0226. The van der Waals surface area contributed by atoms with E-state index in [0.717, 1.165) is 23.3 Å². The molecule has 1 amide bonds. The maximum Gasteiger partial charge on any atom is 0.224 e. The monoisotopic (exact) mass is 271 g/mol. The van der Waals surface area contributed by atoms with Crippen LogP contribution in [0, 0.1) is 0 Å². The van der Waals surface area contributed by atoms with E-state index in [1.807, 2.05) is 13.1 Å².